The van der Waals surface area contributed by atoms with Crippen LogP contribution in [0.1, 0.15) is 44.1 Å². The molecule has 2 atom stereocenters. The number of aliphatic imine (C=N–C) groups is 2. The Morgan fingerprint density at radius 1 is 1.11 bits per heavy atom. The van der Waals surface area contributed by atoms with Gasteiger partial charge in [0.2, 0.25) is 0 Å². The van der Waals surface area contributed by atoms with Crippen molar-refractivity contribution >= 4 is 23.6 Å². The summed E-state index contributed by atoms with van der Waals surface area (Å²) < 4.78 is 1.77. The van der Waals surface area contributed by atoms with Crippen LogP contribution in [0.2, 0.25) is 0 Å². The number of hydrogen-bond acceptors (Lipinski definition) is 8. The number of nitrogens with zero attached hydrogens (tertiary/aromatic N) is 6. The fourth-order valence-corrected chi connectivity index (χ4v) is 5.19. The molecule has 0 aliphatic carbocycles. The van der Waals surface area contributed by atoms with E-state index in [-0.39, 0.29) is 17.8 Å². The Morgan fingerprint density at radius 2 is 1.89 bits per heavy atom. The lowest BCUT2D eigenvalue weighted by molar-refractivity contribution is 0.289. The van der Waals surface area contributed by atoms with Crippen LogP contribution in [0.15, 0.2) is 74.8 Å². The summed E-state index contributed by atoms with van der Waals surface area (Å²) in [4.78, 5) is 32.8. The fraction of sp³-hybridized carbons (Fsp3) is 0.379. The first-order valence-corrected chi connectivity index (χ1v) is 13.4. The summed E-state index contributed by atoms with van der Waals surface area (Å²) in [6.45, 7) is 9.31. The third kappa shape index (κ3) is 4.93. The van der Waals surface area contributed by atoms with E-state index in [1.165, 1.54) is 0 Å². The monoisotopic (exact) mass is 512 g/mol. The highest BCUT2D eigenvalue weighted by atomic mass is 16.1. The van der Waals surface area contributed by atoms with Crippen LogP contribution in [0, 0.1) is 6.92 Å². The number of hydrogen-bond donors (Lipinski definition) is 2. The van der Waals surface area contributed by atoms with Crippen LogP contribution in [0.5, 0.6) is 0 Å². The van der Waals surface area contributed by atoms with Crippen LogP contribution >= 0.6 is 0 Å². The molecule has 0 spiro atoms. The van der Waals surface area contributed by atoms with Gasteiger partial charge in [-0.05, 0) is 63.2 Å². The molecule has 0 radical (unpaired) electrons. The van der Waals surface area contributed by atoms with Gasteiger partial charge in [0.15, 0.2) is 12.0 Å². The van der Waals surface area contributed by atoms with Crippen molar-refractivity contribution in [2.45, 2.75) is 45.8 Å². The highest BCUT2D eigenvalue weighted by Gasteiger charge is 2.30. The van der Waals surface area contributed by atoms with Crippen molar-refractivity contribution < 1.29 is 0 Å². The Morgan fingerprint density at radius 3 is 2.66 bits per heavy atom. The largest absolute Gasteiger partial charge is 0.358 e. The molecule has 0 saturated carbocycles. The van der Waals surface area contributed by atoms with E-state index >= 15 is 0 Å². The van der Waals surface area contributed by atoms with E-state index in [0.717, 1.165) is 55.2 Å². The number of likely N-dealkylation sites (N-methyl/N-ethyl adjacent to an activating group) is 1. The summed E-state index contributed by atoms with van der Waals surface area (Å²) in [7, 11) is 1.96. The molecule has 2 aliphatic heterocycles. The number of aromatic nitrogens is 2. The van der Waals surface area contributed by atoms with E-state index < -0.39 is 0 Å². The molecule has 9 heteroatoms. The smallest absolute Gasteiger partial charge is 0.266 e. The summed E-state index contributed by atoms with van der Waals surface area (Å²) in [6.07, 6.45) is 5.07. The fourth-order valence-electron chi connectivity index (χ4n) is 5.19. The number of nitrogens with one attached hydrogen (secondary N) is 2. The van der Waals surface area contributed by atoms with Crippen molar-refractivity contribution in [1.29, 1.82) is 0 Å². The van der Waals surface area contributed by atoms with Gasteiger partial charge < -0.3 is 20.4 Å². The second-order valence-electron chi connectivity index (χ2n) is 9.75. The molecule has 0 saturated heterocycles. The average molecular weight is 513 g/mol. The number of fused-ring (bicyclic) bond motifs is 2. The van der Waals surface area contributed by atoms with Crippen LogP contribution in [-0.4, -0.2) is 64.9 Å². The maximum Gasteiger partial charge on any atom is 0.266 e. The first-order valence-electron chi connectivity index (χ1n) is 13.4. The van der Waals surface area contributed by atoms with Gasteiger partial charge in [0, 0.05) is 7.05 Å². The molecular weight excluding hydrogens is 476 g/mol. The Labute approximate surface area is 223 Å². The lowest BCUT2D eigenvalue weighted by Gasteiger charge is -2.29. The van der Waals surface area contributed by atoms with Crippen LogP contribution in [0.3, 0.4) is 0 Å². The Kier molecular flexibility index (Phi) is 7.55. The molecule has 198 valence electrons. The van der Waals surface area contributed by atoms with Crippen molar-refractivity contribution in [2.24, 2.45) is 9.98 Å². The lowest BCUT2D eigenvalue weighted by atomic mass is 10.1. The van der Waals surface area contributed by atoms with Gasteiger partial charge in [-0.2, -0.15) is 0 Å². The van der Waals surface area contributed by atoms with Gasteiger partial charge in [0.05, 0.1) is 35.3 Å². The van der Waals surface area contributed by atoms with E-state index in [1.54, 1.807) is 17.2 Å². The molecular formula is C29H36N8O. The zero-order chi connectivity index (χ0) is 26.6. The zero-order valence-electron chi connectivity index (χ0n) is 22.6. The van der Waals surface area contributed by atoms with Crippen molar-refractivity contribution in [2.75, 3.05) is 26.7 Å². The van der Waals surface area contributed by atoms with Gasteiger partial charge in [-0.1, -0.05) is 44.2 Å². The molecule has 5 rings (SSSR count). The van der Waals surface area contributed by atoms with Gasteiger partial charge in [-0.3, -0.25) is 9.36 Å². The summed E-state index contributed by atoms with van der Waals surface area (Å²) in [5.41, 5.74) is 3.26. The Balaban J connectivity index is 1.63. The van der Waals surface area contributed by atoms with E-state index in [2.05, 4.69) is 34.4 Å². The first-order chi connectivity index (χ1) is 18.5. The number of benzene rings is 2. The Hall–Kier alpha value is -3.98. The minimum atomic E-state index is -0.255. The lowest BCUT2D eigenvalue weighted by Crippen LogP contribution is -2.39. The molecule has 2 unspecified atom stereocenters. The molecule has 0 fully saturated rings. The van der Waals surface area contributed by atoms with Gasteiger partial charge in [0.25, 0.3) is 5.56 Å². The molecule has 1 aromatic heterocycles. The van der Waals surface area contributed by atoms with Crippen molar-refractivity contribution in [3.8, 4) is 5.69 Å². The third-order valence-corrected chi connectivity index (χ3v) is 7.33. The minimum absolute atomic E-state index is 0.0606. The molecule has 2 aromatic carbocycles. The molecule has 38 heavy (non-hydrogen) atoms. The van der Waals surface area contributed by atoms with E-state index in [1.807, 2.05) is 67.4 Å². The van der Waals surface area contributed by atoms with Crippen molar-refractivity contribution in [1.82, 2.24) is 30.0 Å². The molecule has 2 aliphatic rings. The zero-order valence-corrected chi connectivity index (χ0v) is 22.6. The standard InChI is InChI=1S/C29H36N8O/c1-5-36(6-2)17-11-16-23(33-26-25-28(31-18-30-25)35(4)19-32-26)27-34-22-15-10-12-20(3)24(22)29(38)37(27)21-13-8-7-9-14-21/h7-10,12-15,18-19,23,28,33H,5-6,11,16-17H2,1-4H3,(H,30,31). The summed E-state index contributed by atoms with van der Waals surface area (Å²) >= 11 is 0. The van der Waals surface area contributed by atoms with Gasteiger partial charge in [-0.15, -0.1) is 0 Å². The summed E-state index contributed by atoms with van der Waals surface area (Å²) in [5.74, 6) is 1.40. The van der Waals surface area contributed by atoms with Crippen LogP contribution in [0.25, 0.3) is 16.6 Å². The number of aryl methyl sites for hydroxylation is 1. The van der Waals surface area contributed by atoms with E-state index in [4.69, 9.17) is 9.98 Å². The van der Waals surface area contributed by atoms with Gasteiger partial charge in [-0.25, -0.2) is 15.0 Å². The summed E-state index contributed by atoms with van der Waals surface area (Å²) in [6, 6.07) is 15.4. The quantitative estimate of drug-likeness (QED) is 0.432. The molecule has 0 bridgehead atoms. The maximum atomic E-state index is 14.1. The predicted octanol–water partition coefficient (Wildman–Crippen LogP) is 3.55. The normalized spacial score (nSPS) is 17.3. The average Bonchev–Trinajstić information content (AvgIpc) is 3.43. The van der Waals surface area contributed by atoms with Gasteiger partial charge >= 0.3 is 0 Å². The molecule has 2 N–H and O–H groups in total. The van der Waals surface area contributed by atoms with Crippen LogP contribution in [0.4, 0.5) is 0 Å². The van der Waals surface area contributed by atoms with Gasteiger partial charge in [0.1, 0.15) is 11.5 Å². The Bertz CT molecular complexity index is 1440. The molecule has 0 amide bonds. The second-order valence-corrected chi connectivity index (χ2v) is 9.75. The number of rotatable bonds is 10. The SMILES string of the molecule is CCN(CC)CCCC(NC1=C2NC=NC2N(C)C=N1)c1nc2cccc(C)c2c(=O)n1-c1ccccc1. The second kappa shape index (κ2) is 11.2. The van der Waals surface area contributed by atoms with Crippen LogP contribution < -0.4 is 16.2 Å². The predicted molar refractivity (Wildman–Crippen MR) is 154 cm³/mol. The topological polar surface area (TPSA) is 90.2 Å². The minimum Gasteiger partial charge on any atom is -0.358 e. The highest BCUT2D eigenvalue weighted by molar-refractivity contribution is 5.81. The molecule has 9 nitrogen and oxygen atoms in total. The summed E-state index contributed by atoms with van der Waals surface area (Å²) in [5, 5.41) is 7.56. The first kappa shape index (κ1) is 25.7. The third-order valence-electron chi connectivity index (χ3n) is 7.33. The maximum absolute atomic E-state index is 14.1. The van der Waals surface area contributed by atoms with Crippen LogP contribution in [-0.2, 0) is 0 Å². The van der Waals surface area contributed by atoms with Crippen molar-refractivity contribution in [3.05, 3.63) is 81.8 Å². The van der Waals surface area contributed by atoms with E-state index in [9.17, 15) is 4.79 Å². The van der Waals surface area contributed by atoms with Crippen molar-refractivity contribution in [3.63, 3.8) is 0 Å². The highest BCUT2D eigenvalue weighted by Crippen LogP contribution is 2.27. The number of para-hydroxylation sites is 1. The molecule has 3 aromatic rings. The van der Waals surface area contributed by atoms with E-state index in [0.29, 0.717) is 16.7 Å². The molecule has 3 heterocycles.